The van der Waals surface area contributed by atoms with Gasteiger partial charge in [0, 0.05) is 27.6 Å². The Bertz CT molecular complexity index is 2680. The summed E-state index contributed by atoms with van der Waals surface area (Å²) in [7, 11) is 0. The van der Waals surface area contributed by atoms with Crippen LogP contribution in [0.25, 0.3) is 55.1 Å². The third-order valence-corrected chi connectivity index (χ3v) is 10.8. The van der Waals surface area contributed by atoms with Crippen LogP contribution in [0.5, 0.6) is 0 Å². The van der Waals surface area contributed by atoms with Crippen LogP contribution in [0.1, 0.15) is 47.8 Å². The molecular formula is C47H35N3. The fourth-order valence-electron chi connectivity index (χ4n) is 8.45. The van der Waals surface area contributed by atoms with Crippen LogP contribution in [-0.4, -0.2) is 10.3 Å². The highest BCUT2D eigenvalue weighted by molar-refractivity contribution is 6.23. The summed E-state index contributed by atoms with van der Waals surface area (Å²) in [6.07, 6.45) is 2.01. The predicted octanol–water partition coefficient (Wildman–Crippen LogP) is 11.4. The highest BCUT2D eigenvalue weighted by Crippen LogP contribution is 2.53. The molecule has 3 nitrogen and oxygen atoms in total. The summed E-state index contributed by atoms with van der Waals surface area (Å²) in [5.41, 5.74) is 14.4. The molecule has 238 valence electrons. The van der Waals surface area contributed by atoms with Crippen molar-refractivity contribution in [1.82, 2.24) is 9.88 Å². The molecule has 0 spiro atoms. The molecule has 0 bridgehead atoms. The highest BCUT2D eigenvalue weighted by Gasteiger charge is 2.38. The van der Waals surface area contributed by atoms with E-state index in [2.05, 4.69) is 188 Å². The van der Waals surface area contributed by atoms with Crippen LogP contribution >= 0.6 is 0 Å². The van der Waals surface area contributed by atoms with Gasteiger partial charge < -0.3 is 9.88 Å². The number of benzene rings is 7. The number of hydrogen-bond acceptors (Lipinski definition) is 2. The maximum atomic E-state index is 5.14. The minimum atomic E-state index is -0.178. The van der Waals surface area contributed by atoms with Gasteiger partial charge in [0.2, 0.25) is 0 Å². The van der Waals surface area contributed by atoms with E-state index >= 15 is 0 Å². The molecule has 1 atom stereocenters. The topological polar surface area (TPSA) is 29.3 Å². The van der Waals surface area contributed by atoms with Crippen LogP contribution < -0.4 is 5.32 Å². The van der Waals surface area contributed by atoms with E-state index in [0.29, 0.717) is 0 Å². The van der Waals surface area contributed by atoms with Gasteiger partial charge in [0.15, 0.2) is 0 Å². The van der Waals surface area contributed by atoms with Gasteiger partial charge in [-0.2, -0.15) is 0 Å². The number of allylic oxidation sites excluding steroid dienone is 1. The Labute approximate surface area is 291 Å². The van der Waals surface area contributed by atoms with Crippen molar-refractivity contribution in [3.63, 3.8) is 0 Å². The van der Waals surface area contributed by atoms with Crippen LogP contribution in [0, 0.1) is 0 Å². The van der Waals surface area contributed by atoms with Crippen molar-refractivity contribution in [2.24, 2.45) is 4.99 Å². The summed E-state index contributed by atoms with van der Waals surface area (Å²) in [4.78, 5) is 5.14. The van der Waals surface area contributed by atoms with E-state index in [1.54, 1.807) is 0 Å². The van der Waals surface area contributed by atoms with Crippen LogP contribution in [0.2, 0.25) is 0 Å². The van der Waals surface area contributed by atoms with E-state index in [0.717, 1.165) is 33.8 Å². The molecule has 0 amide bonds. The van der Waals surface area contributed by atoms with Gasteiger partial charge in [-0.05, 0) is 74.0 Å². The number of aromatic nitrogens is 1. The van der Waals surface area contributed by atoms with Gasteiger partial charge in [0.05, 0.1) is 16.7 Å². The molecule has 1 aliphatic heterocycles. The Morgan fingerprint density at radius 3 is 2.14 bits per heavy atom. The van der Waals surface area contributed by atoms with Crippen molar-refractivity contribution in [3.05, 3.63) is 192 Å². The van der Waals surface area contributed by atoms with Crippen LogP contribution in [0.4, 0.5) is 0 Å². The maximum Gasteiger partial charge on any atom is 0.145 e. The van der Waals surface area contributed by atoms with Crippen molar-refractivity contribution < 1.29 is 0 Å². The van der Waals surface area contributed by atoms with Crippen molar-refractivity contribution in [1.29, 1.82) is 0 Å². The maximum absolute atomic E-state index is 5.14. The third-order valence-electron chi connectivity index (χ3n) is 10.8. The third kappa shape index (κ3) is 4.26. The Balaban J connectivity index is 1.17. The fourth-order valence-corrected chi connectivity index (χ4v) is 8.45. The Kier molecular flexibility index (Phi) is 6.28. The van der Waals surface area contributed by atoms with E-state index in [4.69, 9.17) is 4.99 Å². The second-order valence-electron chi connectivity index (χ2n) is 14.0. The molecule has 1 N–H and O–H groups in total. The zero-order chi connectivity index (χ0) is 33.4. The predicted molar refractivity (Wildman–Crippen MR) is 209 cm³/mol. The lowest BCUT2D eigenvalue weighted by Crippen LogP contribution is -2.24. The second kappa shape index (κ2) is 10.9. The molecule has 2 heterocycles. The van der Waals surface area contributed by atoms with Gasteiger partial charge in [-0.3, -0.25) is 4.99 Å². The molecule has 1 unspecified atom stereocenters. The summed E-state index contributed by atoms with van der Waals surface area (Å²) in [5, 5.41) is 8.89. The molecule has 10 rings (SSSR count). The molecular weight excluding hydrogens is 607 g/mol. The molecule has 50 heavy (non-hydrogen) atoms. The van der Waals surface area contributed by atoms with Crippen molar-refractivity contribution >= 4 is 44.0 Å². The average molecular weight is 642 g/mol. The minimum absolute atomic E-state index is 0.149. The minimum Gasteiger partial charge on any atom is -0.360 e. The molecule has 1 aliphatic carbocycles. The van der Waals surface area contributed by atoms with Gasteiger partial charge in [0.25, 0.3) is 0 Å². The van der Waals surface area contributed by atoms with Gasteiger partial charge in [0.1, 0.15) is 6.17 Å². The number of hydrogen-bond donors (Lipinski definition) is 1. The molecule has 0 saturated carbocycles. The Morgan fingerprint density at radius 1 is 0.600 bits per heavy atom. The van der Waals surface area contributed by atoms with Gasteiger partial charge in [-0.15, -0.1) is 0 Å². The van der Waals surface area contributed by atoms with Crippen molar-refractivity contribution in [3.8, 4) is 16.8 Å². The highest BCUT2D eigenvalue weighted by atomic mass is 15.1. The van der Waals surface area contributed by atoms with Crippen LogP contribution in [0.3, 0.4) is 0 Å². The van der Waals surface area contributed by atoms with Crippen molar-refractivity contribution in [2.75, 3.05) is 0 Å². The first kappa shape index (κ1) is 28.8. The van der Waals surface area contributed by atoms with E-state index in [-0.39, 0.29) is 11.6 Å². The Morgan fingerprint density at radius 2 is 1.32 bits per heavy atom. The number of rotatable bonds is 4. The standard InChI is InChI=1S/C47H35N3/c1-47(2)39-20-12-11-19-36(39)37-26-27-38-43-35-18-10-9-13-30(35)23-28-42(43)50(45(38)44(37)47)34-24-21-32(22-25-34)41-29-40(31-14-5-3-6-15-31)48-46(49-41)33-16-7-4-8-17-33/h3-29,46,49H,1-2H3. The summed E-state index contributed by atoms with van der Waals surface area (Å²) >= 11 is 0. The number of fused-ring (bicyclic) bond motifs is 9. The molecule has 2 aliphatic rings. The monoisotopic (exact) mass is 641 g/mol. The summed E-state index contributed by atoms with van der Waals surface area (Å²) in [6, 6.07) is 57.0. The summed E-state index contributed by atoms with van der Waals surface area (Å²) < 4.78 is 2.51. The quantitative estimate of drug-likeness (QED) is 0.204. The van der Waals surface area contributed by atoms with Crippen LogP contribution in [0.15, 0.2) is 169 Å². The molecule has 0 saturated heterocycles. The second-order valence-corrected chi connectivity index (χ2v) is 14.0. The van der Waals surface area contributed by atoms with Gasteiger partial charge in [-0.1, -0.05) is 153 Å². The Hall–Kier alpha value is -6.19. The SMILES string of the molecule is CC1(C)c2ccccc2-c2ccc3c4c5ccccc5ccc4n(-c4ccc(C5=CC(c6ccccc6)=NC(c6ccccc6)N5)cc4)c3c21. The first-order valence-electron chi connectivity index (χ1n) is 17.4. The molecule has 0 fully saturated rings. The van der Waals surface area contributed by atoms with Crippen molar-refractivity contribution in [2.45, 2.75) is 25.4 Å². The lowest BCUT2D eigenvalue weighted by molar-refractivity contribution is 0.664. The van der Waals surface area contributed by atoms with Gasteiger partial charge in [-0.25, -0.2) is 0 Å². The van der Waals surface area contributed by atoms with Gasteiger partial charge >= 0.3 is 0 Å². The normalized spacial score (nSPS) is 16.2. The molecule has 7 aromatic carbocycles. The number of nitrogens with zero attached hydrogens (tertiary/aromatic N) is 2. The van der Waals surface area contributed by atoms with Crippen LogP contribution in [-0.2, 0) is 5.41 Å². The van der Waals surface area contributed by atoms with E-state index in [9.17, 15) is 0 Å². The van der Waals surface area contributed by atoms with E-state index < -0.39 is 0 Å². The largest absolute Gasteiger partial charge is 0.360 e. The lowest BCUT2D eigenvalue weighted by Gasteiger charge is -2.25. The first-order valence-corrected chi connectivity index (χ1v) is 17.4. The number of nitrogens with one attached hydrogen (secondary N) is 1. The molecule has 8 aromatic rings. The average Bonchev–Trinajstić information content (AvgIpc) is 3.64. The lowest BCUT2D eigenvalue weighted by atomic mass is 9.81. The number of aliphatic imine (C=N–C) groups is 1. The zero-order valence-corrected chi connectivity index (χ0v) is 28.1. The summed E-state index contributed by atoms with van der Waals surface area (Å²) in [5.74, 6) is 0. The molecule has 3 heteroatoms. The van der Waals surface area contributed by atoms with E-state index in [1.165, 1.54) is 54.8 Å². The first-order chi connectivity index (χ1) is 24.6. The molecule has 1 aromatic heterocycles. The smallest absolute Gasteiger partial charge is 0.145 e. The van der Waals surface area contributed by atoms with E-state index in [1.807, 2.05) is 0 Å². The molecule has 0 radical (unpaired) electrons. The zero-order valence-electron chi connectivity index (χ0n) is 28.1. The fraction of sp³-hybridized carbons (Fsp3) is 0.0851. The summed E-state index contributed by atoms with van der Waals surface area (Å²) in [6.45, 7) is 4.77.